The fourth-order valence-corrected chi connectivity index (χ4v) is 2.27. The number of carboxylic acids is 1. The van der Waals surface area contributed by atoms with Crippen molar-refractivity contribution in [2.75, 3.05) is 13.2 Å². The lowest BCUT2D eigenvalue weighted by molar-refractivity contribution is -0.154. The van der Waals surface area contributed by atoms with Crippen LogP contribution < -0.4 is 10.1 Å². The van der Waals surface area contributed by atoms with Crippen LogP contribution in [0, 0.1) is 5.41 Å². The number of carbonyl (C=O) groups is 2. The maximum atomic E-state index is 11.6. The van der Waals surface area contributed by atoms with Crippen molar-refractivity contribution < 1.29 is 19.4 Å². The van der Waals surface area contributed by atoms with Gasteiger partial charge in [-0.15, -0.1) is 0 Å². The van der Waals surface area contributed by atoms with Gasteiger partial charge in [0.05, 0.1) is 5.41 Å². The van der Waals surface area contributed by atoms with E-state index in [1.807, 2.05) is 0 Å². The van der Waals surface area contributed by atoms with E-state index in [4.69, 9.17) is 21.4 Å². The third-order valence-electron chi connectivity index (χ3n) is 3.55. The van der Waals surface area contributed by atoms with Gasteiger partial charge in [-0.25, -0.2) is 0 Å². The molecule has 1 aliphatic rings. The summed E-state index contributed by atoms with van der Waals surface area (Å²) in [6.45, 7) is -0.00386. The average molecular weight is 298 g/mol. The smallest absolute Gasteiger partial charge is 0.311 e. The van der Waals surface area contributed by atoms with E-state index < -0.39 is 11.4 Å². The molecule has 0 aromatic heterocycles. The number of hydrogen-bond donors (Lipinski definition) is 2. The van der Waals surface area contributed by atoms with Crippen molar-refractivity contribution >= 4 is 23.5 Å². The molecule has 0 unspecified atom stereocenters. The van der Waals surface area contributed by atoms with E-state index in [1.165, 1.54) is 0 Å². The van der Waals surface area contributed by atoms with Gasteiger partial charge in [0.1, 0.15) is 5.75 Å². The van der Waals surface area contributed by atoms with Crippen LogP contribution in [-0.4, -0.2) is 30.1 Å². The van der Waals surface area contributed by atoms with E-state index in [2.05, 4.69) is 5.32 Å². The van der Waals surface area contributed by atoms with Crippen LogP contribution in [0.25, 0.3) is 0 Å². The third-order valence-corrected chi connectivity index (χ3v) is 3.79. The lowest BCUT2D eigenvalue weighted by Crippen LogP contribution is -2.48. The summed E-state index contributed by atoms with van der Waals surface area (Å²) in [6, 6.07) is 6.74. The normalized spacial score (nSPS) is 16.1. The Morgan fingerprint density at radius 1 is 1.40 bits per heavy atom. The topological polar surface area (TPSA) is 75.6 Å². The van der Waals surface area contributed by atoms with Gasteiger partial charge in [-0.1, -0.05) is 24.1 Å². The molecular weight excluding hydrogens is 282 g/mol. The van der Waals surface area contributed by atoms with Crippen molar-refractivity contribution in [1.29, 1.82) is 0 Å². The van der Waals surface area contributed by atoms with Crippen molar-refractivity contribution in [3.05, 3.63) is 29.3 Å². The zero-order valence-corrected chi connectivity index (χ0v) is 11.7. The number of ether oxygens (including phenoxy) is 1. The molecule has 20 heavy (non-hydrogen) atoms. The summed E-state index contributed by atoms with van der Waals surface area (Å²) < 4.78 is 5.28. The highest BCUT2D eigenvalue weighted by molar-refractivity contribution is 6.30. The largest absolute Gasteiger partial charge is 0.484 e. The molecule has 6 heteroatoms. The molecule has 1 aromatic rings. The Hall–Kier alpha value is -1.75. The fourth-order valence-electron chi connectivity index (χ4n) is 2.09. The molecule has 1 saturated carbocycles. The van der Waals surface area contributed by atoms with Gasteiger partial charge in [-0.05, 0) is 31.0 Å². The molecule has 2 N–H and O–H groups in total. The number of hydrogen-bond acceptors (Lipinski definition) is 3. The predicted octanol–water partition coefficient (Wildman–Crippen LogP) is 2.09. The maximum absolute atomic E-state index is 11.6. The first-order chi connectivity index (χ1) is 9.52. The second-order valence-electron chi connectivity index (χ2n) is 4.96. The Morgan fingerprint density at radius 2 is 2.15 bits per heavy atom. The highest BCUT2D eigenvalue weighted by Crippen LogP contribution is 2.40. The van der Waals surface area contributed by atoms with Gasteiger partial charge >= 0.3 is 5.97 Å². The summed E-state index contributed by atoms with van der Waals surface area (Å²) in [5.41, 5.74) is -0.786. The number of carbonyl (C=O) groups excluding carboxylic acids is 1. The highest BCUT2D eigenvalue weighted by Gasteiger charge is 2.44. The molecule has 0 radical (unpaired) electrons. The van der Waals surface area contributed by atoms with Crippen LogP contribution in [0.4, 0.5) is 0 Å². The first kappa shape index (κ1) is 14.7. The van der Waals surface area contributed by atoms with E-state index in [0.717, 1.165) is 6.42 Å². The molecule has 1 amide bonds. The molecule has 0 spiro atoms. The first-order valence-corrected chi connectivity index (χ1v) is 6.78. The van der Waals surface area contributed by atoms with Gasteiger partial charge in [0.25, 0.3) is 5.91 Å². The van der Waals surface area contributed by atoms with Gasteiger partial charge in [0.15, 0.2) is 6.61 Å². The Balaban J connectivity index is 1.77. The summed E-state index contributed by atoms with van der Waals surface area (Å²) in [5, 5.41) is 12.3. The van der Waals surface area contributed by atoms with Crippen LogP contribution >= 0.6 is 11.6 Å². The van der Waals surface area contributed by atoms with Gasteiger partial charge in [-0.3, -0.25) is 9.59 Å². The zero-order valence-electron chi connectivity index (χ0n) is 10.9. The van der Waals surface area contributed by atoms with E-state index >= 15 is 0 Å². The second-order valence-corrected chi connectivity index (χ2v) is 5.40. The number of benzene rings is 1. The van der Waals surface area contributed by atoms with Crippen LogP contribution in [0.3, 0.4) is 0 Å². The quantitative estimate of drug-likeness (QED) is 0.843. The summed E-state index contributed by atoms with van der Waals surface area (Å²) in [7, 11) is 0. The first-order valence-electron chi connectivity index (χ1n) is 6.40. The Labute approximate surface area is 121 Å². The van der Waals surface area contributed by atoms with E-state index in [0.29, 0.717) is 23.6 Å². The monoisotopic (exact) mass is 297 g/mol. The fraction of sp³-hybridized carbons (Fsp3) is 0.429. The summed E-state index contributed by atoms with van der Waals surface area (Å²) in [4.78, 5) is 22.8. The lowest BCUT2D eigenvalue weighted by Gasteiger charge is -2.37. The third kappa shape index (κ3) is 3.42. The number of carboxylic acid groups (broad SMARTS) is 1. The zero-order chi connectivity index (χ0) is 14.6. The molecule has 0 atom stereocenters. The van der Waals surface area contributed by atoms with Crippen LogP contribution in [0.2, 0.25) is 5.02 Å². The molecule has 1 aromatic carbocycles. The van der Waals surface area contributed by atoms with Gasteiger partial charge in [0.2, 0.25) is 0 Å². The van der Waals surface area contributed by atoms with Crippen LogP contribution in [0.15, 0.2) is 24.3 Å². The Kier molecular flexibility index (Phi) is 4.49. The minimum atomic E-state index is -0.847. The number of aliphatic carboxylic acids is 1. The molecule has 108 valence electrons. The highest BCUT2D eigenvalue weighted by atomic mass is 35.5. The van der Waals surface area contributed by atoms with E-state index in [-0.39, 0.29) is 19.1 Å². The molecule has 0 aliphatic heterocycles. The maximum Gasteiger partial charge on any atom is 0.311 e. The minimum Gasteiger partial charge on any atom is -0.484 e. The number of nitrogens with one attached hydrogen (secondary N) is 1. The predicted molar refractivity (Wildman–Crippen MR) is 73.9 cm³/mol. The molecule has 5 nitrogen and oxygen atoms in total. The van der Waals surface area contributed by atoms with Crippen molar-refractivity contribution in [3.63, 3.8) is 0 Å². The molecular formula is C14H16ClNO4. The average Bonchev–Trinajstić information content (AvgIpc) is 2.34. The van der Waals surface area contributed by atoms with Crippen molar-refractivity contribution in [2.24, 2.45) is 5.41 Å². The Morgan fingerprint density at radius 3 is 2.70 bits per heavy atom. The van der Waals surface area contributed by atoms with Gasteiger partial charge in [0, 0.05) is 11.6 Å². The molecule has 1 fully saturated rings. The second kappa shape index (κ2) is 6.13. The number of amides is 1. The molecule has 0 bridgehead atoms. The summed E-state index contributed by atoms with van der Waals surface area (Å²) in [6.07, 6.45) is 2.11. The van der Waals surface area contributed by atoms with Crippen LogP contribution in [0.5, 0.6) is 5.75 Å². The number of rotatable bonds is 6. The standard InChI is InChI=1S/C14H16ClNO4/c15-10-3-1-4-11(7-10)20-8-12(17)16-9-14(13(18)19)5-2-6-14/h1,3-4,7H,2,5-6,8-9H2,(H,16,17)(H,18,19). The number of halogens is 1. The van der Waals surface area contributed by atoms with Crippen molar-refractivity contribution in [1.82, 2.24) is 5.32 Å². The Bertz CT molecular complexity index is 514. The SMILES string of the molecule is O=C(COc1cccc(Cl)c1)NCC1(C(=O)O)CCC1. The van der Waals surface area contributed by atoms with E-state index in [1.54, 1.807) is 24.3 Å². The molecule has 0 heterocycles. The van der Waals surface area contributed by atoms with Gasteiger partial charge < -0.3 is 15.2 Å². The van der Waals surface area contributed by atoms with Crippen molar-refractivity contribution in [2.45, 2.75) is 19.3 Å². The lowest BCUT2D eigenvalue weighted by atomic mass is 9.69. The van der Waals surface area contributed by atoms with Crippen molar-refractivity contribution in [3.8, 4) is 5.75 Å². The minimum absolute atomic E-state index is 0.153. The van der Waals surface area contributed by atoms with Crippen LogP contribution in [-0.2, 0) is 9.59 Å². The summed E-state index contributed by atoms with van der Waals surface area (Å²) >= 11 is 5.80. The molecule has 1 aliphatic carbocycles. The molecule has 0 saturated heterocycles. The van der Waals surface area contributed by atoms with Crippen LogP contribution in [0.1, 0.15) is 19.3 Å². The summed E-state index contributed by atoms with van der Waals surface area (Å²) in [5.74, 6) is -0.679. The van der Waals surface area contributed by atoms with E-state index in [9.17, 15) is 9.59 Å². The molecule has 2 rings (SSSR count). The van der Waals surface area contributed by atoms with Gasteiger partial charge in [-0.2, -0.15) is 0 Å².